The van der Waals surface area contributed by atoms with Crippen LogP contribution in [0.15, 0.2) is 24.3 Å². The third kappa shape index (κ3) is 9.87. The van der Waals surface area contributed by atoms with Crippen LogP contribution < -0.4 is 0 Å². The Morgan fingerprint density at radius 3 is 1.16 bits per heavy atom. The summed E-state index contributed by atoms with van der Waals surface area (Å²) in [7, 11) is -4.37. The maximum Gasteiger partial charge on any atom is 0.341 e. The molecule has 0 aromatic heterocycles. The molecule has 0 atom stereocenters. The molecule has 25 heavy (non-hydrogen) atoms. The van der Waals surface area contributed by atoms with Crippen LogP contribution in [0.1, 0.15) is 48.0 Å². The molecule has 0 saturated carbocycles. The maximum atomic E-state index is 6.17. The molecule has 0 unspecified atom stereocenters. The Balaban J connectivity index is 5.05. The molecule has 0 amide bonds. The van der Waals surface area contributed by atoms with Gasteiger partial charge in [-0.05, 0) is 60.1 Å². The number of rotatable bonds is 16. The van der Waals surface area contributed by atoms with Crippen molar-refractivity contribution in [2.24, 2.45) is 0 Å². The highest BCUT2D eigenvalue weighted by molar-refractivity contribution is 6.69. The molecule has 148 valence electrons. The second-order valence-electron chi connectivity index (χ2n) is 5.95. The fraction of sp³-hybridized carbons (Fsp3) is 0.789. The lowest BCUT2D eigenvalue weighted by Crippen LogP contribution is -2.44. The van der Waals surface area contributed by atoms with Crippen molar-refractivity contribution in [1.82, 2.24) is 0 Å². The van der Waals surface area contributed by atoms with E-state index in [1.165, 1.54) is 0 Å². The Morgan fingerprint density at radius 2 is 0.920 bits per heavy atom. The molecule has 0 aromatic rings. The lowest BCUT2D eigenvalue weighted by atomic mass is 10.6. The summed E-state index contributed by atoms with van der Waals surface area (Å²) in [5.41, 5.74) is 0. The van der Waals surface area contributed by atoms with E-state index in [2.05, 4.69) is 65.8 Å². The Hall–Kier alpha value is -0.246. The minimum Gasteiger partial charge on any atom is -0.394 e. The van der Waals surface area contributed by atoms with Crippen molar-refractivity contribution < 1.29 is 17.7 Å². The van der Waals surface area contributed by atoms with Crippen LogP contribution in [-0.4, -0.2) is 43.5 Å². The fourth-order valence-electron chi connectivity index (χ4n) is 3.09. The van der Waals surface area contributed by atoms with Crippen LogP contribution in [0.4, 0.5) is 0 Å². The van der Waals surface area contributed by atoms with Gasteiger partial charge in [-0.25, -0.2) is 0 Å². The minimum atomic E-state index is -2.19. The first kappa shape index (κ1) is 24.8. The van der Waals surface area contributed by atoms with Crippen LogP contribution in [0.25, 0.3) is 0 Å². The molecule has 0 bridgehead atoms. The topological polar surface area (TPSA) is 36.9 Å². The summed E-state index contributed by atoms with van der Waals surface area (Å²) >= 11 is 0. The van der Waals surface area contributed by atoms with Gasteiger partial charge in [-0.15, -0.1) is 0 Å². The number of hydrogen-bond acceptors (Lipinski definition) is 4. The van der Waals surface area contributed by atoms with Gasteiger partial charge in [0, 0.05) is 38.5 Å². The van der Waals surface area contributed by atoms with Crippen LogP contribution in [0, 0.1) is 0 Å². The highest BCUT2D eigenvalue weighted by Crippen LogP contribution is 2.28. The smallest absolute Gasteiger partial charge is 0.341 e. The van der Waals surface area contributed by atoms with E-state index in [-0.39, 0.29) is 0 Å². The van der Waals surface area contributed by atoms with Crippen LogP contribution in [0.2, 0.25) is 24.2 Å². The van der Waals surface area contributed by atoms with Crippen molar-refractivity contribution in [3.8, 4) is 0 Å². The molecule has 0 saturated heterocycles. The minimum absolute atomic E-state index is 0.710. The van der Waals surface area contributed by atoms with Crippen molar-refractivity contribution in [3.05, 3.63) is 24.3 Å². The average molecular weight is 389 g/mol. The molecule has 0 fully saturated rings. The zero-order chi connectivity index (χ0) is 19.0. The fourth-order valence-corrected chi connectivity index (χ4v) is 9.79. The van der Waals surface area contributed by atoms with Crippen molar-refractivity contribution >= 4 is 17.1 Å². The summed E-state index contributed by atoms with van der Waals surface area (Å²) < 4.78 is 24.7. The normalized spacial score (nSPS) is 13.4. The van der Waals surface area contributed by atoms with Crippen LogP contribution in [0.5, 0.6) is 0 Å². The summed E-state index contributed by atoms with van der Waals surface area (Å²) in [4.78, 5) is 0. The van der Waals surface area contributed by atoms with E-state index in [0.717, 1.165) is 30.6 Å². The number of hydrogen-bond donors (Lipinski definition) is 0. The molecular weight excluding hydrogens is 348 g/mol. The molecule has 0 aliphatic heterocycles. The van der Waals surface area contributed by atoms with Gasteiger partial charge < -0.3 is 17.7 Å². The monoisotopic (exact) mass is 388 g/mol. The molecule has 0 N–H and O–H groups in total. The van der Waals surface area contributed by atoms with E-state index in [0.29, 0.717) is 26.4 Å². The van der Waals surface area contributed by atoms with Gasteiger partial charge in [0.2, 0.25) is 0 Å². The van der Waals surface area contributed by atoms with Gasteiger partial charge in [0.25, 0.3) is 0 Å². The lowest BCUT2D eigenvalue weighted by molar-refractivity contribution is 0.178. The zero-order valence-electron chi connectivity index (χ0n) is 17.3. The lowest BCUT2D eigenvalue weighted by Gasteiger charge is -2.32. The van der Waals surface area contributed by atoms with Gasteiger partial charge in [0.1, 0.15) is 0 Å². The van der Waals surface area contributed by atoms with E-state index in [9.17, 15) is 0 Å². The van der Waals surface area contributed by atoms with Crippen LogP contribution >= 0.6 is 0 Å². The summed E-state index contributed by atoms with van der Waals surface area (Å²) in [6.07, 6.45) is 9.59. The molecule has 0 aliphatic rings. The van der Waals surface area contributed by atoms with Crippen molar-refractivity contribution in [3.63, 3.8) is 0 Å². The Bertz CT molecular complexity index is 326. The quantitative estimate of drug-likeness (QED) is 0.256. The van der Waals surface area contributed by atoms with E-state index >= 15 is 0 Å². The molecular formula is C19H40O4Si2. The standard InChI is InChI=1S/C19H40O4Si2/c1-7-13-16-24(20-9-3,21-10-4)18-15-19-25(22-11-5,23-12-6)17-14-8-2/h7-8,13-14H,9-12,15-19H2,1-6H3. The van der Waals surface area contributed by atoms with E-state index in [1.807, 2.05) is 0 Å². The van der Waals surface area contributed by atoms with Crippen LogP contribution in [0.3, 0.4) is 0 Å². The number of allylic oxidation sites excluding steroid dienone is 4. The van der Waals surface area contributed by atoms with Crippen molar-refractivity contribution in [1.29, 1.82) is 0 Å². The van der Waals surface area contributed by atoms with Gasteiger partial charge in [-0.1, -0.05) is 24.3 Å². The first-order chi connectivity index (χ1) is 12.1. The van der Waals surface area contributed by atoms with E-state index < -0.39 is 17.1 Å². The Morgan fingerprint density at radius 1 is 0.600 bits per heavy atom. The largest absolute Gasteiger partial charge is 0.394 e. The predicted molar refractivity (Wildman–Crippen MR) is 111 cm³/mol. The van der Waals surface area contributed by atoms with E-state index in [4.69, 9.17) is 17.7 Å². The predicted octanol–water partition coefficient (Wildman–Crippen LogP) is 5.56. The van der Waals surface area contributed by atoms with Gasteiger partial charge in [0.05, 0.1) is 0 Å². The van der Waals surface area contributed by atoms with E-state index in [1.54, 1.807) is 0 Å². The summed E-state index contributed by atoms with van der Waals surface area (Å²) in [6.45, 7) is 15.2. The molecule has 0 radical (unpaired) electrons. The molecule has 0 rings (SSSR count). The summed E-state index contributed by atoms with van der Waals surface area (Å²) in [6, 6.07) is 3.81. The second kappa shape index (κ2) is 14.9. The maximum absolute atomic E-state index is 6.17. The van der Waals surface area contributed by atoms with Crippen LogP contribution in [-0.2, 0) is 17.7 Å². The van der Waals surface area contributed by atoms with Gasteiger partial charge in [-0.3, -0.25) is 0 Å². The highest BCUT2D eigenvalue weighted by atomic mass is 28.4. The molecule has 0 heterocycles. The average Bonchev–Trinajstić information content (AvgIpc) is 2.59. The first-order valence-corrected chi connectivity index (χ1v) is 14.3. The first-order valence-electron chi connectivity index (χ1n) is 9.85. The second-order valence-corrected chi connectivity index (χ2v) is 12.6. The van der Waals surface area contributed by atoms with Gasteiger partial charge >= 0.3 is 17.1 Å². The summed E-state index contributed by atoms with van der Waals surface area (Å²) in [5.74, 6) is 0. The SMILES string of the molecule is CC=CC[Si](CCC[Si](CC=CC)(OCC)OCC)(OCC)OCC. The third-order valence-corrected chi connectivity index (χ3v) is 11.3. The molecule has 0 aromatic carbocycles. The molecule has 4 nitrogen and oxygen atoms in total. The zero-order valence-corrected chi connectivity index (χ0v) is 19.3. The third-order valence-electron chi connectivity index (χ3n) is 4.07. The highest BCUT2D eigenvalue weighted by Gasteiger charge is 2.40. The van der Waals surface area contributed by atoms with Crippen molar-refractivity contribution in [2.75, 3.05) is 26.4 Å². The molecule has 6 heteroatoms. The Kier molecular flexibility index (Phi) is 14.7. The molecule has 0 aliphatic carbocycles. The Labute approximate surface area is 158 Å². The summed E-state index contributed by atoms with van der Waals surface area (Å²) in [5, 5.41) is 0. The molecule has 0 spiro atoms. The van der Waals surface area contributed by atoms with Gasteiger partial charge in [0.15, 0.2) is 0 Å². The van der Waals surface area contributed by atoms with Crippen molar-refractivity contribution in [2.45, 2.75) is 72.1 Å². The van der Waals surface area contributed by atoms with Gasteiger partial charge in [-0.2, -0.15) is 0 Å².